The third kappa shape index (κ3) is 4.20. The number of benzene rings is 1. The first-order chi connectivity index (χ1) is 12.6. The van der Waals surface area contributed by atoms with Crippen molar-refractivity contribution in [1.82, 2.24) is 8.72 Å². The number of anilines is 1. The van der Waals surface area contributed by atoms with Crippen LogP contribution in [-0.2, 0) is 15.0 Å². The molecule has 0 bridgehead atoms. The van der Waals surface area contributed by atoms with Gasteiger partial charge in [0.15, 0.2) is 0 Å². The lowest BCUT2D eigenvalue weighted by Crippen LogP contribution is -2.38. The molecule has 27 heavy (non-hydrogen) atoms. The van der Waals surface area contributed by atoms with Crippen molar-refractivity contribution in [1.29, 1.82) is 0 Å². The summed E-state index contributed by atoms with van der Waals surface area (Å²) in [7, 11) is -1.44. The normalized spacial score (nSPS) is 17.6. The van der Waals surface area contributed by atoms with Gasteiger partial charge in [0.25, 0.3) is 5.91 Å². The van der Waals surface area contributed by atoms with Crippen molar-refractivity contribution < 1.29 is 18.3 Å². The van der Waals surface area contributed by atoms with E-state index in [-0.39, 0.29) is 11.3 Å². The van der Waals surface area contributed by atoms with Crippen molar-refractivity contribution in [2.75, 3.05) is 32.1 Å². The molecule has 1 atom stereocenters. The van der Waals surface area contributed by atoms with Crippen LogP contribution in [-0.4, -0.2) is 67.2 Å². The highest BCUT2D eigenvalue weighted by Crippen LogP contribution is 2.25. The molecular formula is C18H26N4O4S. The van der Waals surface area contributed by atoms with Crippen molar-refractivity contribution in [3.63, 3.8) is 0 Å². The number of hydrogen-bond acceptors (Lipinski definition) is 6. The van der Waals surface area contributed by atoms with Crippen LogP contribution in [0.1, 0.15) is 26.3 Å². The first kappa shape index (κ1) is 21.1. The number of hydrogen-bond donors (Lipinski definition) is 1. The Kier molecular flexibility index (Phi) is 6.40. The molecule has 0 saturated heterocycles. The zero-order valence-electron chi connectivity index (χ0n) is 16.2. The molecule has 1 aromatic rings. The third-order valence-corrected chi connectivity index (χ3v) is 5.89. The summed E-state index contributed by atoms with van der Waals surface area (Å²) in [6, 6.07) is 7.56. The Morgan fingerprint density at radius 2 is 1.74 bits per heavy atom. The van der Waals surface area contributed by atoms with Crippen LogP contribution in [0.5, 0.6) is 0 Å². The van der Waals surface area contributed by atoms with Gasteiger partial charge in [-0.2, -0.15) is 17.8 Å². The minimum Gasteiger partial charge on any atom is -0.387 e. The van der Waals surface area contributed by atoms with Crippen molar-refractivity contribution in [2.24, 2.45) is 5.10 Å². The molecule has 0 fully saturated rings. The molecule has 0 saturated carbocycles. The molecule has 1 aliphatic rings. The molecule has 1 aliphatic heterocycles. The second-order valence-corrected chi connectivity index (χ2v) is 8.29. The van der Waals surface area contributed by atoms with Crippen LogP contribution in [0.3, 0.4) is 0 Å². The molecule has 2 rings (SSSR count). The number of amides is 1. The lowest BCUT2D eigenvalue weighted by Gasteiger charge is -2.20. The van der Waals surface area contributed by atoms with Gasteiger partial charge in [0.05, 0.1) is 11.7 Å². The van der Waals surface area contributed by atoms with E-state index in [9.17, 15) is 18.3 Å². The van der Waals surface area contributed by atoms with E-state index in [0.29, 0.717) is 9.98 Å². The van der Waals surface area contributed by atoms with Crippen LogP contribution < -0.4 is 4.90 Å². The van der Waals surface area contributed by atoms with Crippen LogP contribution in [0.2, 0.25) is 0 Å². The summed E-state index contributed by atoms with van der Waals surface area (Å²) in [5.74, 6) is -0.785. The van der Waals surface area contributed by atoms with E-state index in [4.69, 9.17) is 0 Å². The van der Waals surface area contributed by atoms with Crippen LogP contribution in [0.25, 0.3) is 6.08 Å². The summed E-state index contributed by atoms with van der Waals surface area (Å²) in [6.07, 6.45) is 0.461. The maximum atomic E-state index is 12.7. The van der Waals surface area contributed by atoms with E-state index in [1.165, 1.54) is 21.0 Å². The molecule has 1 heterocycles. The number of rotatable bonds is 7. The molecule has 148 valence electrons. The van der Waals surface area contributed by atoms with E-state index in [2.05, 4.69) is 23.8 Å². The summed E-state index contributed by atoms with van der Waals surface area (Å²) in [5.41, 5.74) is 1.86. The summed E-state index contributed by atoms with van der Waals surface area (Å²) < 4.78 is 25.9. The highest BCUT2D eigenvalue weighted by Gasteiger charge is 2.40. The van der Waals surface area contributed by atoms with E-state index in [1.807, 2.05) is 24.3 Å². The molecule has 1 unspecified atom stereocenters. The summed E-state index contributed by atoms with van der Waals surface area (Å²) in [6.45, 7) is 7.34. The van der Waals surface area contributed by atoms with Gasteiger partial charge in [-0.05, 0) is 44.5 Å². The van der Waals surface area contributed by atoms with Gasteiger partial charge in [-0.3, -0.25) is 4.79 Å². The van der Waals surface area contributed by atoms with Gasteiger partial charge in [0, 0.05) is 32.9 Å². The Labute approximate surface area is 160 Å². The van der Waals surface area contributed by atoms with Crippen molar-refractivity contribution in [3.8, 4) is 0 Å². The molecule has 1 aromatic carbocycles. The van der Waals surface area contributed by atoms with Gasteiger partial charge in [-0.15, -0.1) is 4.41 Å². The van der Waals surface area contributed by atoms with Crippen LogP contribution in [0.15, 0.2) is 34.9 Å². The number of carbonyl (C=O) groups excluding carboxylic acids is 1. The van der Waals surface area contributed by atoms with E-state index in [0.717, 1.165) is 23.1 Å². The lowest BCUT2D eigenvalue weighted by molar-refractivity contribution is -0.121. The Hall–Kier alpha value is -2.23. The highest BCUT2D eigenvalue weighted by molar-refractivity contribution is 7.87. The van der Waals surface area contributed by atoms with Gasteiger partial charge < -0.3 is 10.0 Å². The van der Waals surface area contributed by atoms with Gasteiger partial charge >= 0.3 is 10.2 Å². The minimum absolute atomic E-state index is 0.0262. The largest absolute Gasteiger partial charge is 0.387 e. The molecule has 9 heteroatoms. The predicted molar refractivity (Wildman–Crippen MR) is 107 cm³/mol. The zero-order valence-corrected chi connectivity index (χ0v) is 17.1. The highest BCUT2D eigenvalue weighted by atomic mass is 32.2. The predicted octanol–water partition coefficient (Wildman–Crippen LogP) is 1.30. The Morgan fingerprint density at radius 3 is 2.19 bits per heavy atom. The average Bonchev–Trinajstić information content (AvgIpc) is 2.95. The molecule has 1 amide bonds. The molecule has 0 aliphatic carbocycles. The Bertz CT molecular complexity index is 854. The molecule has 8 nitrogen and oxygen atoms in total. The summed E-state index contributed by atoms with van der Waals surface area (Å²) in [5, 5.41) is 13.8. The first-order valence-electron chi connectivity index (χ1n) is 8.74. The number of hydrazone groups is 1. The van der Waals surface area contributed by atoms with E-state index in [1.54, 1.807) is 6.08 Å². The SMILES string of the molecule is CCN(CC)c1ccc(/C=C2\C(=O)N(S(=O)(=O)N(C)C)N=C2C(C)O)cc1. The number of aliphatic hydroxyl groups is 1. The van der Waals surface area contributed by atoms with Crippen LogP contribution >= 0.6 is 0 Å². The quantitative estimate of drug-likeness (QED) is 0.704. The molecule has 0 aromatic heterocycles. The number of nitrogens with zero attached hydrogens (tertiary/aromatic N) is 4. The second-order valence-electron chi connectivity index (χ2n) is 6.32. The van der Waals surface area contributed by atoms with Gasteiger partial charge in [0.2, 0.25) is 0 Å². The summed E-state index contributed by atoms with van der Waals surface area (Å²) >= 11 is 0. The Balaban J connectivity index is 2.42. The fourth-order valence-corrected chi connectivity index (χ4v) is 3.51. The molecule has 1 N–H and O–H groups in total. The fourth-order valence-electron chi connectivity index (χ4n) is 2.70. The van der Waals surface area contributed by atoms with Crippen LogP contribution in [0, 0.1) is 0 Å². The zero-order chi connectivity index (χ0) is 20.4. The standard InChI is InChI=1S/C18H26N4O4S/c1-6-21(7-2)15-10-8-14(9-11-15)12-16-17(13(3)23)19-22(18(16)24)27(25,26)20(4)5/h8-13,23H,6-7H2,1-5H3/b16-12-. The number of aliphatic hydroxyl groups excluding tert-OH is 1. The topological polar surface area (TPSA) is 93.5 Å². The molecule has 0 spiro atoms. The lowest BCUT2D eigenvalue weighted by atomic mass is 10.0. The van der Waals surface area contributed by atoms with Gasteiger partial charge in [0.1, 0.15) is 5.71 Å². The fraction of sp³-hybridized carbons (Fsp3) is 0.444. The summed E-state index contributed by atoms with van der Waals surface area (Å²) in [4.78, 5) is 14.8. The number of carbonyl (C=O) groups is 1. The van der Waals surface area contributed by atoms with E-state index >= 15 is 0 Å². The van der Waals surface area contributed by atoms with Gasteiger partial charge in [-0.1, -0.05) is 12.1 Å². The minimum atomic E-state index is -4.07. The molecule has 0 radical (unpaired) electrons. The second kappa shape index (κ2) is 8.20. The Morgan fingerprint density at radius 1 is 1.19 bits per heavy atom. The average molecular weight is 394 g/mol. The van der Waals surface area contributed by atoms with Gasteiger partial charge in [-0.25, -0.2) is 0 Å². The van der Waals surface area contributed by atoms with Crippen molar-refractivity contribution >= 4 is 33.6 Å². The third-order valence-electron chi connectivity index (χ3n) is 4.29. The van der Waals surface area contributed by atoms with Crippen molar-refractivity contribution in [2.45, 2.75) is 26.9 Å². The molecular weight excluding hydrogens is 368 g/mol. The monoisotopic (exact) mass is 394 g/mol. The van der Waals surface area contributed by atoms with Crippen molar-refractivity contribution in [3.05, 3.63) is 35.4 Å². The first-order valence-corrected chi connectivity index (χ1v) is 10.1. The van der Waals surface area contributed by atoms with E-state index < -0.39 is 22.2 Å². The maximum Gasteiger partial charge on any atom is 0.325 e. The smallest absolute Gasteiger partial charge is 0.325 e. The van der Waals surface area contributed by atoms with Crippen LogP contribution in [0.4, 0.5) is 5.69 Å². The maximum absolute atomic E-state index is 12.7.